The van der Waals surface area contributed by atoms with Gasteiger partial charge in [-0.2, -0.15) is 0 Å². The van der Waals surface area contributed by atoms with Gasteiger partial charge < -0.3 is 15.2 Å². The molecule has 0 amide bonds. The van der Waals surface area contributed by atoms with Crippen molar-refractivity contribution in [2.24, 2.45) is 0 Å². The van der Waals surface area contributed by atoms with Crippen molar-refractivity contribution in [1.82, 2.24) is 0 Å². The SMILES string of the molecule is Nc1cc2c(c3c1CCO3)OCC2. The second kappa shape index (κ2) is 2.31. The molecule has 2 heterocycles. The van der Waals surface area contributed by atoms with Gasteiger partial charge >= 0.3 is 0 Å². The Morgan fingerprint density at radius 2 is 1.85 bits per heavy atom. The lowest BCUT2D eigenvalue weighted by molar-refractivity contribution is 0.310. The standard InChI is InChI=1S/C10H11NO2/c11-8-5-6-1-3-12-9(6)10-7(8)2-4-13-10/h5H,1-4,11H2. The van der Waals surface area contributed by atoms with Gasteiger partial charge in [-0.1, -0.05) is 0 Å². The van der Waals surface area contributed by atoms with Crippen molar-refractivity contribution in [3.8, 4) is 11.5 Å². The Hall–Kier alpha value is -1.38. The lowest BCUT2D eigenvalue weighted by Crippen LogP contribution is -1.93. The Morgan fingerprint density at radius 1 is 1.08 bits per heavy atom. The number of benzene rings is 1. The second-order valence-electron chi connectivity index (χ2n) is 3.46. The van der Waals surface area contributed by atoms with Gasteiger partial charge in [-0.05, 0) is 6.07 Å². The Labute approximate surface area is 76.4 Å². The minimum Gasteiger partial charge on any atom is -0.489 e. The highest BCUT2D eigenvalue weighted by molar-refractivity contribution is 5.66. The summed E-state index contributed by atoms with van der Waals surface area (Å²) in [5.41, 5.74) is 9.09. The van der Waals surface area contributed by atoms with Gasteiger partial charge in [-0.25, -0.2) is 0 Å². The van der Waals surface area contributed by atoms with Gasteiger partial charge in [-0.15, -0.1) is 0 Å². The van der Waals surface area contributed by atoms with E-state index in [0.717, 1.165) is 48.8 Å². The normalized spacial score (nSPS) is 17.5. The molecule has 1 aromatic carbocycles. The summed E-state index contributed by atoms with van der Waals surface area (Å²) < 4.78 is 11.0. The molecule has 2 N–H and O–H groups in total. The van der Waals surface area contributed by atoms with Gasteiger partial charge in [0.15, 0.2) is 11.5 Å². The largest absolute Gasteiger partial charge is 0.489 e. The lowest BCUT2D eigenvalue weighted by Gasteiger charge is -2.07. The van der Waals surface area contributed by atoms with E-state index >= 15 is 0 Å². The predicted molar refractivity (Wildman–Crippen MR) is 49.3 cm³/mol. The molecule has 0 saturated heterocycles. The minimum absolute atomic E-state index is 0.735. The summed E-state index contributed by atoms with van der Waals surface area (Å²) in [5.74, 6) is 1.83. The molecule has 3 rings (SSSR count). The van der Waals surface area contributed by atoms with Crippen molar-refractivity contribution in [3.63, 3.8) is 0 Å². The van der Waals surface area contributed by atoms with Crippen LogP contribution in [0.4, 0.5) is 5.69 Å². The molecule has 0 aliphatic carbocycles. The van der Waals surface area contributed by atoms with E-state index < -0.39 is 0 Å². The van der Waals surface area contributed by atoms with E-state index in [1.807, 2.05) is 6.07 Å². The maximum atomic E-state index is 5.91. The summed E-state index contributed by atoms with van der Waals surface area (Å²) in [7, 11) is 0. The minimum atomic E-state index is 0.735. The quantitative estimate of drug-likeness (QED) is 0.604. The maximum Gasteiger partial charge on any atom is 0.166 e. The summed E-state index contributed by atoms with van der Waals surface area (Å²) >= 11 is 0. The van der Waals surface area contributed by atoms with E-state index in [9.17, 15) is 0 Å². The molecule has 0 saturated carbocycles. The van der Waals surface area contributed by atoms with Crippen molar-refractivity contribution in [2.45, 2.75) is 12.8 Å². The third-order valence-corrected chi connectivity index (χ3v) is 2.67. The molecule has 0 fully saturated rings. The number of ether oxygens (including phenoxy) is 2. The fourth-order valence-electron chi connectivity index (χ4n) is 2.03. The number of hydrogen-bond acceptors (Lipinski definition) is 3. The zero-order chi connectivity index (χ0) is 8.84. The number of rotatable bonds is 0. The Kier molecular flexibility index (Phi) is 1.26. The van der Waals surface area contributed by atoms with Crippen molar-refractivity contribution in [3.05, 3.63) is 17.2 Å². The van der Waals surface area contributed by atoms with Gasteiger partial charge in [0, 0.05) is 29.7 Å². The fraction of sp³-hybridized carbons (Fsp3) is 0.400. The average Bonchev–Trinajstić information content (AvgIpc) is 2.66. The Balaban J connectivity index is 2.28. The van der Waals surface area contributed by atoms with Crippen molar-refractivity contribution in [2.75, 3.05) is 18.9 Å². The summed E-state index contributed by atoms with van der Waals surface area (Å²) in [6.07, 6.45) is 1.87. The highest BCUT2D eigenvalue weighted by Gasteiger charge is 2.26. The first-order valence-corrected chi connectivity index (χ1v) is 4.56. The summed E-state index contributed by atoms with van der Waals surface area (Å²) in [6.45, 7) is 1.49. The van der Waals surface area contributed by atoms with Crippen LogP contribution in [0.1, 0.15) is 11.1 Å². The fourth-order valence-corrected chi connectivity index (χ4v) is 2.03. The van der Waals surface area contributed by atoms with E-state index in [2.05, 4.69) is 0 Å². The van der Waals surface area contributed by atoms with Gasteiger partial charge in [-0.3, -0.25) is 0 Å². The van der Waals surface area contributed by atoms with Crippen molar-refractivity contribution < 1.29 is 9.47 Å². The number of nitrogens with two attached hydrogens (primary N) is 1. The molecule has 0 aromatic heterocycles. The van der Waals surface area contributed by atoms with Crippen LogP contribution >= 0.6 is 0 Å². The number of hydrogen-bond donors (Lipinski definition) is 1. The number of anilines is 1. The number of nitrogen functional groups attached to an aromatic ring is 1. The lowest BCUT2D eigenvalue weighted by atomic mass is 10.1. The molecule has 3 nitrogen and oxygen atoms in total. The molecule has 0 spiro atoms. The third-order valence-electron chi connectivity index (χ3n) is 2.67. The van der Waals surface area contributed by atoms with Crippen LogP contribution in [0.15, 0.2) is 6.07 Å². The first-order chi connectivity index (χ1) is 6.36. The molecule has 2 aliphatic rings. The van der Waals surface area contributed by atoms with Gasteiger partial charge in [0.25, 0.3) is 0 Å². The molecule has 13 heavy (non-hydrogen) atoms. The Morgan fingerprint density at radius 3 is 2.77 bits per heavy atom. The van der Waals surface area contributed by atoms with E-state index in [1.54, 1.807) is 0 Å². The van der Waals surface area contributed by atoms with Crippen LogP contribution in [0, 0.1) is 0 Å². The highest BCUT2D eigenvalue weighted by Crippen LogP contribution is 2.44. The van der Waals surface area contributed by atoms with Crippen LogP contribution in [0.25, 0.3) is 0 Å². The van der Waals surface area contributed by atoms with Crippen LogP contribution in [-0.4, -0.2) is 13.2 Å². The monoisotopic (exact) mass is 177 g/mol. The zero-order valence-electron chi connectivity index (χ0n) is 7.30. The highest BCUT2D eigenvalue weighted by atomic mass is 16.5. The summed E-state index contributed by atoms with van der Waals surface area (Å²) in [4.78, 5) is 0. The Bertz CT molecular complexity index is 374. The molecular weight excluding hydrogens is 166 g/mol. The molecular formula is C10H11NO2. The first kappa shape index (κ1) is 7.06. The molecule has 0 unspecified atom stereocenters. The van der Waals surface area contributed by atoms with Crippen LogP contribution in [0.5, 0.6) is 11.5 Å². The maximum absolute atomic E-state index is 5.91. The molecule has 68 valence electrons. The van der Waals surface area contributed by atoms with Crippen molar-refractivity contribution >= 4 is 5.69 Å². The van der Waals surface area contributed by atoms with E-state index in [4.69, 9.17) is 15.2 Å². The van der Waals surface area contributed by atoms with E-state index in [-0.39, 0.29) is 0 Å². The van der Waals surface area contributed by atoms with Gasteiger partial charge in [0.05, 0.1) is 13.2 Å². The molecule has 0 radical (unpaired) electrons. The van der Waals surface area contributed by atoms with Crippen molar-refractivity contribution in [1.29, 1.82) is 0 Å². The van der Waals surface area contributed by atoms with Gasteiger partial charge in [0.1, 0.15) is 0 Å². The van der Waals surface area contributed by atoms with E-state index in [1.165, 1.54) is 5.56 Å². The molecule has 1 aromatic rings. The second-order valence-corrected chi connectivity index (χ2v) is 3.46. The smallest absolute Gasteiger partial charge is 0.166 e. The van der Waals surface area contributed by atoms with E-state index in [0.29, 0.717) is 0 Å². The summed E-state index contributed by atoms with van der Waals surface area (Å²) in [6, 6.07) is 2.02. The molecule has 0 atom stereocenters. The topological polar surface area (TPSA) is 44.5 Å². The zero-order valence-corrected chi connectivity index (χ0v) is 7.30. The predicted octanol–water partition coefficient (Wildman–Crippen LogP) is 1.14. The van der Waals surface area contributed by atoms with Crippen LogP contribution < -0.4 is 15.2 Å². The molecule has 0 bridgehead atoms. The number of fused-ring (bicyclic) bond motifs is 3. The summed E-state index contributed by atoms with van der Waals surface area (Å²) in [5, 5.41) is 0. The third kappa shape index (κ3) is 0.842. The average molecular weight is 177 g/mol. The van der Waals surface area contributed by atoms with Crippen LogP contribution in [-0.2, 0) is 12.8 Å². The van der Waals surface area contributed by atoms with Crippen LogP contribution in [0.2, 0.25) is 0 Å². The molecule has 2 aliphatic heterocycles. The van der Waals surface area contributed by atoms with Gasteiger partial charge in [0.2, 0.25) is 0 Å². The first-order valence-electron chi connectivity index (χ1n) is 4.56. The van der Waals surface area contributed by atoms with Crippen LogP contribution in [0.3, 0.4) is 0 Å². The molecule has 3 heteroatoms.